The van der Waals surface area contributed by atoms with E-state index < -0.39 is 0 Å². The summed E-state index contributed by atoms with van der Waals surface area (Å²) < 4.78 is 0. The zero-order chi connectivity index (χ0) is 17.3. The van der Waals surface area contributed by atoms with Crippen molar-refractivity contribution < 1.29 is 0 Å². The molecule has 3 N–H and O–H groups in total. The number of piperidine rings is 1. The van der Waals surface area contributed by atoms with E-state index in [0.29, 0.717) is 18.1 Å². The van der Waals surface area contributed by atoms with Crippen molar-refractivity contribution in [1.29, 1.82) is 0 Å². The van der Waals surface area contributed by atoms with Crippen LogP contribution in [0.3, 0.4) is 0 Å². The van der Waals surface area contributed by atoms with Gasteiger partial charge in [0.15, 0.2) is 0 Å². The van der Waals surface area contributed by atoms with Crippen molar-refractivity contribution in [2.24, 2.45) is 0 Å². The minimum Gasteiger partial charge on any atom is -0.361 e. The highest BCUT2D eigenvalue weighted by atomic mass is 32.1. The highest BCUT2D eigenvalue weighted by Gasteiger charge is 2.33. The van der Waals surface area contributed by atoms with Crippen molar-refractivity contribution in [2.45, 2.75) is 43.8 Å². The lowest BCUT2D eigenvalue weighted by Gasteiger charge is -2.29. The van der Waals surface area contributed by atoms with Crippen LogP contribution in [0.4, 0.5) is 10.9 Å². The van der Waals surface area contributed by atoms with Gasteiger partial charge in [-0.15, -0.1) is 11.3 Å². The summed E-state index contributed by atoms with van der Waals surface area (Å²) in [5, 5.41) is 12.0. The molecular formula is C19H26N6S. The van der Waals surface area contributed by atoms with Crippen LogP contribution in [-0.4, -0.2) is 54.3 Å². The number of aromatic nitrogens is 2. The monoisotopic (exact) mass is 370 g/mol. The Morgan fingerprint density at radius 3 is 2.69 bits per heavy atom. The predicted octanol–water partition coefficient (Wildman–Crippen LogP) is 2.31. The van der Waals surface area contributed by atoms with E-state index in [2.05, 4.69) is 38.0 Å². The van der Waals surface area contributed by atoms with Crippen molar-refractivity contribution >= 4 is 22.3 Å². The minimum atomic E-state index is 0.490. The largest absolute Gasteiger partial charge is 0.361 e. The maximum Gasteiger partial charge on any atom is 0.223 e. The van der Waals surface area contributed by atoms with Gasteiger partial charge in [0.25, 0.3) is 0 Å². The number of hydrogen-bond donors (Lipinski definition) is 3. The molecule has 3 aliphatic heterocycles. The summed E-state index contributed by atoms with van der Waals surface area (Å²) in [6, 6.07) is 8.28. The molecule has 0 radical (unpaired) electrons. The molecule has 3 saturated heterocycles. The SMILES string of the molecule is c1cc(-c2ccc(N3CCNCC3)s2)nc(NC2CC3CCC(C2)N3)n1. The van der Waals surface area contributed by atoms with E-state index in [0.717, 1.165) is 37.8 Å². The molecule has 7 heteroatoms. The van der Waals surface area contributed by atoms with Gasteiger partial charge in [0.1, 0.15) is 0 Å². The summed E-state index contributed by atoms with van der Waals surface area (Å²) in [5.41, 5.74) is 1.02. The second kappa shape index (κ2) is 7.13. The Bertz CT molecular complexity index is 744. The van der Waals surface area contributed by atoms with Gasteiger partial charge in [-0.3, -0.25) is 0 Å². The first-order chi connectivity index (χ1) is 12.8. The van der Waals surface area contributed by atoms with Crippen molar-refractivity contribution in [2.75, 3.05) is 36.4 Å². The minimum absolute atomic E-state index is 0.490. The van der Waals surface area contributed by atoms with Crippen LogP contribution in [0.5, 0.6) is 0 Å². The highest BCUT2D eigenvalue weighted by molar-refractivity contribution is 7.19. The lowest BCUT2D eigenvalue weighted by atomic mass is 10.0. The van der Waals surface area contributed by atoms with E-state index >= 15 is 0 Å². The molecule has 2 aromatic heterocycles. The van der Waals surface area contributed by atoms with Crippen LogP contribution in [0.2, 0.25) is 0 Å². The number of thiophene rings is 1. The lowest BCUT2D eigenvalue weighted by molar-refractivity contribution is 0.377. The van der Waals surface area contributed by atoms with Crippen LogP contribution in [0.25, 0.3) is 10.6 Å². The summed E-state index contributed by atoms with van der Waals surface area (Å²) in [6.07, 6.45) is 6.86. The number of nitrogens with one attached hydrogen (secondary N) is 3. The maximum atomic E-state index is 4.80. The topological polar surface area (TPSA) is 65.1 Å². The molecule has 0 saturated carbocycles. The van der Waals surface area contributed by atoms with E-state index in [1.165, 1.54) is 35.6 Å². The van der Waals surface area contributed by atoms with E-state index in [1.807, 2.05) is 23.6 Å². The molecule has 0 aliphatic carbocycles. The second-order valence-corrected chi connectivity index (χ2v) is 8.65. The Labute approximate surface area is 158 Å². The third-order valence-electron chi connectivity index (χ3n) is 5.73. The summed E-state index contributed by atoms with van der Waals surface area (Å²) in [4.78, 5) is 12.9. The molecule has 0 aromatic carbocycles. The van der Waals surface area contributed by atoms with E-state index in [1.54, 1.807) is 0 Å². The predicted molar refractivity (Wildman–Crippen MR) is 107 cm³/mol. The molecule has 0 amide bonds. The van der Waals surface area contributed by atoms with Crippen LogP contribution in [0.15, 0.2) is 24.4 Å². The zero-order valence-electron chi connectivity index (χ0n) is 14.9. The molecule has 2 bridgehead atoms. The molecule has 5 rings (SSSR count). The van der Waals surface area contributed by atoms with Gasteiger partial charge in [-0.2, -0.15) is 0 Å². The normalized spacial score (nSPS) is 28.3. The average Bonchev–Trinajstić information content (AvgIpc) is 3.30. The van der Waals surface area contributed by atoms with Gasteiger partial charge < -0.3 is 20.9 Å². The van der Waals surface area contributed by atoms with Crippen molar-refractivity contribution in [3.63, 3.8) is 0 Å². The van der Waals surface area contributed by atoms with Crippen LogP contribution in [0.1, 0.15) is 25.7 Å². The fourth-order valence-corrected chi connectivity index (χ4v) is 5.47. The Hall–Kier alpha value is -1.70. The van der Waals surface area contributed by atoms with Crippen molar-refractivity contribution in [1.82, 2.24) is 20.6 Å². The van der Waals surface area contributed by atoms with Gasteiger partial charge in [-0.05, 0) is 43.9 Å². The summed E-state index contributed by atoms with van der Waals surface area (Å²) in [6.45, 7) is 4.28. The zero-order valence-corrected chi connectivity index (χ0v) is 15.8. The fourth-order valence-electron chi connectivity index (χ4n) is 4.44. The Kier molecular flexibility index (Phi) is 4.52. The van der Waals surface area contributed by atoms with Crippen LogP contribution in [-0.2, 0) is 0 Å². The molecule has 2 unspecified atom stereocenters. The Morgan fingerprint density at radius 1 is 1.08 bits per heavy atom. The third-order valence-corrected chi connectivity index (χ3v) is 6.90. The molecule has 3 aliphatic rings. The number of anilines is 2. The molecule has 138 valence electrons. The summed E-state index contributed by atoms with van der Waals surface area (Å²) in [7, 11) is 0. The van der Waals surface area contributed by atoms with E-state index in [4.69, 9.17) is 4.98 Å². The van der Waals surface area contributed by atoms with Gasteiger partial charge in [0.05, 0.1) is 15.6 Å². The second-order valence-electron chi connectivity index (χ2n) is 7.59. The molecule has 5 heterocycles. The first kappa shape index (κ1) is 16.5. The summed E-state index contributed by atoms with van der Waals surface area (Å²) >= 11 is 1.83. The van der Waals surface area contributed by atoms with Crippen molar-refractivity contribution in [3.8, 4) is 10.6 Å². The van der Waals surface area contributed by atoms with E-state index in [9.17, 15) is 0 Å². The van der Waals surface area contributed by atoms with Crippen LogP contribution in [0, 0.1) is 0 Å². The lowest BCUT2D eigenvalue weighted by Crippen LogP contribution is -2.43. The number of nitrogens with zero attached hydrogens (tertiary/aromatic N) is 3. The first-order valence-electron chi connectivity index (χ1n) is 9.75. The molecule has 6 nitrogen and oxygen atoms in total. The van der Waals surface area contributed by atoms with Gasteiger partial charge in [0.2, 0.25) is 5.95 Å². The third kappa shape index (κ3) is 3.43. The van der Waals surface area contributed by atoms with Gasteiger partial charge >= 0.3 is 0 Å². The Balaban J connectivity index is 1.29. The highest BCUT2D eigenvalue weighted by Crippen LogP contribution is 2.33. The maximum absolute atomic E-state index is 4.80. The quantitative estimate of drug-likeness (QED) is 0.768. The fraction of sp³-hybridized carbons (Fsp3) is 0.579. The van der Waals surface area contributed by atoms with E-state index in [-0.39, 0.29) is 0 Å². The number of fused-ring (bicyclic) bond motifs is 2. The van der Waals surface area contributed by atoms with Gasteiger partial charge in [0, 0.05) is 50.5 Å². The Morgan fingerprint density at radius 2 is 1.88 bits per heavy atom. The molecular weight excluding hydrogens is 344 g/mol. The standard InChI is InChI=1S/C19H26N6S/c1-2-14-12-15(11-13(1)22-14)23-19-21-6-5-16(24-19)17-3-4-18(26-17)25-9-7-20-8-10-25/h3-6,13-15,20,22H,1-2,7-12H2,(H,21,23,24). The average molecular weight is 371 g/mol. The molecule has 2 atom stereocenters. The van der Waals surface area contributed by atoms with Crippen molar-refractivity contribution in [3.05, 3.63) is 24.4 Å². The summed E-state index contributed by atoms with van der Waals surface area (Å²) in [5.74, 6) is 0.769. The first-order valence-corrected chi connectivity index (χ1v) is 10.6. The smallest absolute Gasteiger partial charge is 0.223 e. The van der Waals surface area contributed by atoms with Gasteiger partial charge in [-0.25, -0.2) is 9.97 Å². The van der Waals surface area contributed by atoms with Crippen LogP contribution < -0.4 is 20.9 Å². The number of rotatable bonds is 4. The number of piperazine rings is 1. The van der Waals surface area contributed by atoms with Gasteiger partial charge in [-0.1, -0.05) is 0 Å². The molecule has 2 aromatic rings. The molecule has 3 fully saturated rings. The van der Waals surface area contributed by atoms with Crippen LogP contribution >= 0.6 is 11.3 Å². The number of hydrogen-bond acceptors (Lipinski definition) is 7. The molecule has 0 spiro atoms. The molecule has 26 heavy (non-hydrogen) atoms.